The van der Waals surface area contributed by atoms with Crippen LogP contribution in [0, 0.1) is 6.92 Å². The highest BCUT2D eigenvalue weighted by Crippen LogP contribution is 2.28. The third-order valence-electron chi connectivity index (χ3n) is 3.24. The first-order valence-electron chi connectivity index (χ1n) is 6.34. The number of carboxylic acid groups (broad SMARTS) is 1. The van der Waals surface area contributed by atoms with Crippen LogP contribution in [0.15, 0.2) is 36.8 Å². The Morgan fingerprint density at radius 1 is 1.29 bits per heavy atom. The van der Waals surface area contributed by atoms with Crippen molar-refractivity contribution in [3.63, 3.8) is 0 Å². The quantitative estimate of drug-likeness (QED) is 0.799. The molecular weight excluding hydrogens is 270 g/mol. The van der Waals surface area contributed by atoms with Crippen molar-refractivity contribution in [2.75, 3.05) is 0 Å². The van der Waals surface area contributed by atoms with E-state index in [-0.39, 0.29) is 5.56 Å². The van der Waals surface area contributed by atoms with Gasteiger partial charge in [-0.05, 0) is 36.8 Å². The third-order valence-corrected chi connectivity index (χ3v) is 3.24. The van der Waals surface area contributed by atoms with Crippen molar-refractivity contribution >= 4 is 17.0 Å². The van der Waals surface area contributed by atoms with Gasteiger partial charge in [-0.15, -0.1) is 0 Å². The van der Waals surface area contributed by atoms with E-state index in [0.717, 1.165) is 11.1 Å². The van der Waals surface area contributed by atoms with E-state index in [2.05, 4.69) is 9.97 Å². The number of aromatic nitrogens is 3. The minimum absolute atomic E-state index is 0.226. The molecule has 21 heavy (non-hydrogen) atoms. The molecule has 0 radical (unpaired) electrons. The van der Waals surface area contributed by atoms with Crippen LogP contribution in [-0.4, -0.2) is 25.6 Å². The molecule has 3 rings (SSSR count). The fourth-order valence-corrected chi connectivity index (χ4v) is 2.11. The van der Waals surface area contributed by atoms with Crippen molar-refractivity contribution in [3.8, 4) is 11.6 Å². The van der Waals surface area contributed by atoms with Crippen LogP contribution >= 0.6 is 0 Å². The van der Waals surface area contributed by atoms with Gasteiger partial charge in [0.15, 0.2) is 5.52 Å². The summed E-state index contributed by atoms with van der Waals surface area (Å²) in [7, 11) is 1.89. The van der Waals surface area contributed by atoms with Crippen LogP contribution in [0.1, 0.15) is 15.9 Å². The van der Waals surface area contributed by atoms with Gasteiger partial charge in [-0.1, -0.05) is 0 Å². The Labute approximate surface area is 120 Å². The highest BCUT2D eigenvalue weighted by Gasteiger charge is 2.12. The molecule has 106 valence electrons. The van der Waals surface area contributed by atoms with Gasteiger partial charge < -0.3 is 14.4 Å². The van der Waals surface area contributed by atoms with Gasteiger partial charge in [0.2, 0.25) is 5.88 Å². The summed E-state index contributed by atoms with van der Waals surface area (Å²) < 4.78 is 7.67. The van der Waals surface area contributed by atoms with Gasteiger partial charge >= 0.3 is 5.97 Å². The maximum absolute atomic E-state index is 10.9. The number of nitrogens with zero attached hydrogens (tertiary/aromatic N) is 3. The van der Waals surface area contributed by atoms with Crippen molar-refractivity contribution in [1.29, 1.82) is 0 Å². The predicted octanol–water partition coefficient (Wildman–Crippen LogP) is 2.77. The summed E-state index contributed by atoms with van der Waals surface area (Å²) in [6, 6.07) is 6.55. The van der Waals surface area contributed by atoms with Crippen molar-refractivity contribution in [1.82, 2.24) is 14.5 Å². The Balaban J connectivity index is 2.01. The van der Waals surface area contributed by atoms with Crippen molar-refractivity contribution in [2.24, 2.45) is 7.05 Å². The molecule has 0 saturated carbocycles. The van der Waals surface area contributed by atoms with Gasteiger partial charge in [-0.2, -0.15) is 0 Å². The molecule has 0 fully saturated rings. The maximum Gasteiger partial charge on any atom is 0.335 e. The van der Waals surface area contributed by atoms with Crippen LogP contribution in [0.5, 0.6) is 11.6 Å². The molecule has 0 aliphatic heterocycles. The number of fused-ring (bicyclic) bond motifs is 1. The van der Waals surface area contributed by atoms with Crippen LogP contribution in [0.2, 0.25) is 0 Å². The number of hydrogen-bond donors (Lipinski definition) is 1. The number of ether oxygens (including phenoxy) is 1. The molecule has 2 aromatic heterocycles. The lowest BCUT2D eigenvalue weighted by Gasteiger charge is -2.09. The zero-order chi connectivity index (χ0) is 15.0. The molecule has 0 atom stereocenters. The summed E-state index contributed by atoms with van der Waals surface area (Å²) in [6.07, 6.45) is 3.35. The number of benzene rings is 1. The molecule has 2 heterocycles. The minimum Gasteiger partial charge on any atom is -0.478 e. The fraction of sp³-hybridized carbons (Fsp3) is 0.133. The predicted molar refractivity (Wildman–Crippen MR) is 76.7 cm³/mol. The average molecular weight is 283 g/mol. The summed E-state index contributed by atoms with van der Waals surface area (Å²) in [6.45, 7) is 1.79. The largest absolute Gasteiger partial charge is 0.478 e. The Morgan fingerprint density at radius 2 is 2.10 bits per heavy atom. The number of imidazole rings is 1. The molecule has 0 aliphatic rings. The van der Waals surface area contributed by atoms with Crippen LogP contribution in [0.3, 0.4) is 0 Å². The monoisotopic (exact) mass is 283 g/mol. The second-order valence-electron chi connectivity index (χ2n) is 4.73. The summed E-state index contributed by atoms with van der Waals surface area (Å²) in [5.74, 6) is -0.000435. The summed E-state index contributed by atoms with van der Waals surface area (Å²) in [4.78, 5) is 19.4. The number of carbonyl (C=O) groups is 1. The Bertz CT molecular complexity index is 839. The van der Waals surface area contributed by atoms with E-state index < -0.39 is 5.97 Å². The summed E-state index contributed by atoms with van der Waals surface area (Å²) in [5, 5.41) is 8.97. The first-order valence-corrected chi connectivity index (χ1v) is 6.34. The fourth-order valence-electron chi connectivity index (χ4n) is 2.11. The molecule has 0 unspecified atom stereocenters. The maximum atomic E-state index is 10.9. The molecule has 3 aromatic rings. The first-order chi connectivity index (χ1) is 10.1. The van der Waals surface area contributed by atoms with E-state index in [1.807, 2.05) is 17.7 Å². The lowest BCUT2D eigenvalue weighted by molar-refractivity contribution is 0.0697. The smallest absolute Gasteiger partial charge is 0.335 e. The third kappa shape index (κ3) is 2.31. The van der Waals surface area contributed by atoms with Crippen molar-refractivity contribution in [3.05, 3.63) is 47.9 Å². The summed E-state index contributed by atoms with van der Waals surface area (Å²) in [5.41, 5.74) is 2.54. The molecule has 6 heteroatoms. The van der Waals surface area contributed by atoms with Crippen molar-refractivity contribution in [2.45, 2.75) is 6.92 Å². The normalized spacial score (nSPS) is 10.8. The lowest BCUT2D eigenvalue weighted by Crippen LogP contribution is -1.98. The SMILES string of the molecule is Cc1cc(C(=O)O)ccc1Oc1nccc2c1ncn2C. The molecule has 0 spiro atoms. The van der Waals surface area contributed by atoms with Crippen LogP contribution < -0.4 is 4.74 Å². The molecule has 1 aromatic carbocycles. The van der Waals surface area contributed by atoms with Crippen LogP contribution in [-0.2, 0) is 7.05 Å². The molecular formula is C15H13N3O3. The van der Waals surface area contributed by atoms with Crippen molar-refractivity contribution < 1.29 is 14.6 Å². The van der Waals surface area contributed by atoms with E-state index in [1.54, 1.807) is 31.6 Å². The number of rotatable bonds is 3. The number of hydrogen-bond acceptors (Lipinski definition) is 4. The molecule has 6 nitrogen and oxygen atoms in total. The second kappa shape index (κ2) is 4.90. The number of pyridine rings is 1. The van der Waals surface area contributed by atoms with Gasteiger partial charge in [0.05, 0.1) is 17.4 Å². The highest BCUT2D eigenvalue weighted by atomic mass is 16.5. The second-order valence-corrected chi connectivity index (χ2v) is 4.73. The Kier molecular flexibility index (Phi) is 3.06. The van der Waals surface area contributed by atoms with Gasteiger partial charge in [0.1, 0.15) is 5.75 Å². The molecule has 0 amide bonds. The average Bonchev–Trinajstić information content (AvgIpc) is 2.84. The molecule has 1 N–H and O–H groups in total. The van der Waals surface area contributed by atoms with E-state index in [0.29, 0.717) is 17.1 Å². The molecule has 0 saturated heterocycles. The zero-order valence-electron chi connectivity index (χ0n) is 11.6. The zero-order valence-corrected chi connectivity index (χ0v) is 11.6. The topological polar surface area (TPSA) is 77.2 Å². The van der Waals surface area contributed by atoms with Gasteiger partial charge in [0.25, 0.3) is 0 Å². The Morgan fingerprint density at radius 3 is 2.81 bits per heavy atom. The van der Waals surface area contributed by atoms with E-state index in [1.165, 1.54) is 6.07 Å². The minimum atomic E-state index is -0.963. The lowest BCUT2D eigenvalue weighted by atomic mass is 10.1. The van der Waals surface area contributed by atoms with Gasteiger partial charge in [0, 0.05) is 13.2 Å². The molecule has 0 bridgehead atoms. The van der Waals surface area contributed by atoms with E-state index in [4.69, 9.17) is 9.84 Å². The van der Waals surface area contributed by atoms with Gasteiger partial charge in [-0.25, -0.2) is 14.8 Å². The number of aromatic carboxylic acids is 1. The van der Waals surface area contributed by atoms with Gasteiger partial charge in [-0.3, -0.25) is 0 Å². The Hall–Kier alpha value is -2.89. The molecule has 0 aliphatic carbocycles. The van der Waals surface area contributed by atoms with Crippen LogP contribution in [0.4, 0.5) is 0 Å². The standard InChI is InChI=1S/C15H13N3O3/c1-9-7-10(15(19)20)3-4-12(9)21-14-13-11(5-6-16-14)18(2)8-17-13/h3-8H,1-2H3,(H,19,20). The first kappa shape index (κ1) is 13.1. The van der Waals surface area contributed by atoms with E-state index >= 15 is 0 Å². The van der Waals surface area contributed by atoms with Crippen LogP contribution in [0.25, 0.3) is 11.0 Å². The van der Waals surface area contributed by atoms with E-state index in [9.17, 15) is 4.79 Å². The highest BCUT2D eigenvalue weighted by molar-refractivity contribution is 5.88. The number of carboxylic acids is 1. The summed E-state index contributed by atoms with van der Waals surface area (Å²) >= 11 is 0. The number of aryl methyl sites for hydroxylation is 2.